The monoisotopic (exact) mass is 144 g/mol. The minimum Gasteiger partial charge on any atom is -0.393 e. The van der Waals surface area contributed by atoms with Gasteiger partial charge in [-0.25, -0.2) is 0 Å². The molecule has 1 N–H and O–H groups in total. The molecular formula is C8H16O2. The zero-order chi connectivity index (χ0) is 7.61. The summed E-state index contributed by atoms with van der Waals surface area (Å²) in [5.41, 5.74) is -0.244. The Labute approximate surface area is 62.2 Å². The summed E-state index contributed by atoms with van der Waals surface area (Å²) in [4.78, 5) is 0. The van der Waals surface area contributed by atoms with E-state index in [9.17, 15) is 0 Å². The second kappa shape index (κ2) is 2.89. The third-order valence-corrected chi connectivity index (χ3v) is 2.22. The fourth-order valence-electron chi connectivity index (χ4n) is 1.18. The van der Waals surface area contributed by atoms with Crippen LogP contribution in [0.1, 0.15) is 26.7 Å². The van der Waals surface area contributed by atoms with Crippen LogP contribution in [-0.4, -0.2) is 23.9 Å². The number of rotatable bonds is 1. The van der Waals surface area contributed by atoms with Crippen molar-refractivity contribution < 1.29 is 9.84 Å². The largest absolute Gasteiger partial charge is 0.393 e. The maximum absolute atomic E-state index is 8.91. The fourth-order valence-corrected chi connectivity index (χ4v) is 1.18. The standard InChI is InChI=1S/C8H16O2/c1-7-3-4-8(2,6-9)10-5-7/h7,9H,3-6H2,1-2H3. The van der Waals surface area contributed by atoms with Crippen molar-refractivity contribution in [3.8, 4) is 0 Å². The van der Waals surface area contributed by atoms with Crippen LogP contribution in [-0.2, 0) is 4.74 Å². The van der Waals surface area contributed by atoms with Gasteiger partial charge in [0.05, 0.1) is 12.2 Å². The Morgan fingerprint density at radius 3 is 2.80 bits per heavy atom. The fraction of sp³-hybridized carbons (Fsp3) is 1.00. The van der Waals surface area contributed by atoms with Crippen LogP contribution >= 0.6 is 0 Å². The summed E-state index contributed by atoms with van der Waals surface area (Å²) in [7, 11) is 0. The Kier molecular flexibility index (Phi) is 2.32. The molecule has 10 heavy (non-hydrogen) atoms. The molecule has 2 atom stereocenters. The van der Waals surface area contributed by atoms with E-state index in [0.717, 1.165) is 13.0 Å². The van der Waals surface area contributed by atoms with Crippen LogP contribution in [0.15, 0.2) is 0 Å². The summed E-state index contributed by atoms with van der Waals surface area (Å²) in [5.74, 6) is 0.666. The second-order valence-corrected chi connectivity index (χ2v) is 3.56. The van der Waals surface area contributed by atoms with Gasteiger partial charge in [0.1, 0.15) is 0 Å². The summed E-state index contributed by atoms with van der Waals surface area (Å²) in [6.07, 6.45) is 2.17. The molecule has 2 unspecified atom stereocenters. The Hall–Kier alpha value is -0.0800. The molecule has 60 valence electrons. The van der Waals surface area contributed by atoms with E-state index in [2.05, 4.69) is 6.92 Å². The van der Waals surface area contributed by atoms with Crippen molar-refractivity contribution in [3.05, 3.63) is 0 Å². The smallest absolute Gasteiger partial charge is 0.0884 e. The maximum Gasteiger partial charge on any atom is 0.0884 e. The summed E-state index contributed by atoms with van der Waals surface area (Å²) < 4.78 is 5.48. The van der Waals surface area contributed by atoms with Gasteiger partial charge in [-0.05, 0) is 25.7 Å². The van der Waals surface area contributed by atoms with Gasteiger partial charge in [-0.2, -0.15) is 0 Å². The predicted molar refractivity (Wildman–Crippen MR) is 39.8 cm³/mol. The number of aliphatic hydroxyl groups is 1. The number of aliphatic hydroxyl groups excluding tert-OH is 1. The average molecular weight is 144 g/mol. The summed E-state index contributed by atoms with van der Waals surface area (Å²) >= 11 is 0. The van der Waals surface area contributed by atoms with E-state index < -0.39 is 0 Å². The molecule has 0 spiro atoms. The highest BCUT2D eigenvalue weighted by atomic mass is 16.5. The summed E-state index contributed by atoms with van der Waals surface area (Å²) in [6.45, 7) is 5.10. The van der Waals surface area contributed by atoms with Crippen LogP contribution in [0.5, 0.6) is 0 Å². The van der Waals surface area contributed by atoms with Crippen molar-refractivity contribution in [2.24, 2.45) is 5.92 Å². The number of hydrogen-bond donors (Lipinski definition) is 1. The molecule has 1 aliphatic rings. The number of hydrogen-bond acceptors (Lipinski definition) is 2. The molecule has 0 aromatic heterocycles. The van der Waals surface area contributed by atoms with Gasteiger partial charge in [0.2, 0.25) is 0 Å². The van der Waals surface area contributed by atoms with Crippen LogP contribution in [0, 0.1) is 5.92 Å². The molecule has 0 aromatic carbocycles. The van der Waals surface area contributed by atoms with Crippen molar-refractivity contribution in [1.82, 2.24) is 0 Å². The Morgan fingerprint density at radius 1 is 1.70 bits per heavy atom. The van der Waals surface area contributed by atoms with E-state index in [1.54, 1.807) is 0 Å². The minimum atomic E-state index is -0.244. The predicted octanol–water partition coefficient (Wildman–Crippen LogP) is 1.18. The highest BCUT2D eigenvalue weighted by Gasteiger charge is 2.29. The van der Waals surface area contributed by atoms with E-state index in [-0.39, 0.29) is 12.2 Å². The first kappa shape index (κ1) is 8.02. The summed E-state index contributed by atoms with van der Waals surface area (Å²) in [5, 5.41) is 8.91. The lowest BCUT2D eigenvalue weighted by Gasteiger charge is -2.34. The second-order valence-electron chi connectivity index (χ2n) is 3.56. The topological polar surface area (TPSA) is 29.5 Å². The zero-order valence-electron chi connectivity index (χ0n) is 6.76. The maximum atomic E-state index is 8.91. The lowest BCUT2D eigenvalue weighted by atomic mass is 9.92. The van der Waals surface area contributed by atoms with Crippen molar-refractivity contribution in [3.63, 3.8) is 0 Å². The average Bonchev–Trinajstić information content (AvgIpc) is 1.96. The van der Waals surface area contributed by atoms with Crippen molar-refractivity contribution >= 4 is 0 Å². The van der Waals surface area contributed by atoms with Gasteiger partial charge in [0.15, 0.2) is 0 Å². The summed E-state index contributed by atoms with van der Waals surface area (Å²) in [6, 6.07) is 0. The lowest BCUT2D eigenvalue weighted by molar-refractivity contribution is -0.111. The van der Waals surface area contributed by atoms with E-state index in [4.69, 9.17) is 9.84 Å². The quantitative estimate of drug-likeness (QED) is 0.599. The Balaban J connectivity index is 2.38. The van der Waals surface area contributed by atoms with Gasteiger partial charge in [0.25, 0.3) is 0 Å². The number of ether oxygens (including phenoxy) is 1. The third-order valence-electron chi connectivity index (χ3n) is 2.22. The molecule has 0 bridgehead atoms. The first-order chi connectivity index (χ1) is 4.66. The molecule has 1 saturated heterocycles. The van der Waals surface area contributed by atoms with E-state index in [0.29, 0.717) is 5.92 Å². The molecule has 1 fully saturated rings. The van der Waals surface area contributed by atoms with Crippen LogP contribution < -0.4 is 0 Å². The zero-order valence-corrected chi connectivity index (χ0v) is 6.76. The highest BCUT2D eigenvalue weighted by Crippen LogP contribution is 2.26. The SMILES string of the molecule is CC1CCC(C)(CO)OC1. The van der Waals surface area contributed by atoms with Crippen molar-refractivity contribution in [2.45, 2.75) is 32.3 Å². The van der Waals surface area contributed by atoms with Gasteiger partial charge in [0, 0.05) is 6.61 Å². The van der Waals surface area contributed by atoms with Crippen molar-refractivity contribution in [1.29, 1.82) is 0 Å². The third kappa shape index (κ3) is 1.70. The lowest BCUT2D eigenvalue weighted by Crippen LogP contribution is -2.39. The molecule has 2 heteroatoms. The molecule has 0 saturated carbocycles. The first-order valence-corrected chi connectivity index (χ1v) is 3.91. The first-order valence-electron chi connectivity index (χ1n) is 3.91. The molecular weight excluding hydrogens is 128 g/mol. The molecule has 1 aliphatic heterocycles. The van der Waals surface area contributed by atoms with E-state index >= 15 is 0 Å². The van der Waals surface area contributed by atoms with E-state index in [1.165, 1.54) is 6.42 Å². The van der Waals surface area contributed by atoms with Crippen LogP contribution in [0.25, 0.3) is 0 Å². The van der Waals surface area contributed by atoms with E-state index in [1.807, 2.05) is 6.92 Å². The van der Waals surface area contributed by atoms with Crippen LogP contribution in [0.3, 0.4) is 0 Å². The molecule has 0 aromatic rings. The molecule has 2 nitrogen and oxygen atoms in total. The molecule has 1 heterocycles. The van der Waals surface area contributed by atoms with Gasteiger partial charge in [-0.3, -0.25) is 0 Å². The highest BCUT2D eigenvalue weighted by molar-refractivity contribution is 4.79. The molecule has 0 aliphatic carbocycles. The molecule has 0 radical (unpaired) electrons. The van der Waals surface area contributed by atoms with Crippen LogP contribution in [0.4, 0.5) is 0 Å². The Morgan fingerprint density at radius 2 is 2.40 bits per heavy atom. The molecule has 0 amide bonds. The van der Waals surface area contributed by atoms with Gasteiger partial charge in [-0.15, -0.1) is 0 Å². The van der Waals surface area contributed by atoms with Gasteiger partial charge in [-0.1, -0.05) is 6.92 Å². The minimum absolute atomic E-state index is 0.152. The molecule has 1 rings (SSSR count). The van der Waals surface area contributed by atoms with Gasteiger partial charge < -0.3 is 9.84 Å². The Bertz CT molecular complexity index is 104. The van der Waals surface area contributed by atoms with Gasteiger partial charge >= 0.3 is 0 Å². The normalized spacial score (nSPS) is 41.7. The van der Waals surface area contributed by atoms with Crippen molar-refractivity contribution in [2.75, 3.05) is 13.2 Å². The van der Waals surface area contributed by atoms with Crippen LogP contribution in [0.2, 0.25) is 0 Å².